The number of aromatic nitrogens is 5. The molecule has 1 fully saturated rings. The van der Waals surface area contributed by atoms with Crippen LogP contribution in [0.25, 0.3) is 27.8 Å². The zero-order chi connectivity index (χ0) is 22.2. The normalized spacial score (nSPS) is 15.6. The van der Waals surface area contributed by atoms with Gasteiger partial charge in [-0.1, -0.05) is 6.07 Å². The number of carbonyl (C=O) groups excluding carboxylic acids is 1. The number of carbonyl (C=O) groups is 1. The molecule has 1 saturated heterocycles. The van der Waals surface area contributed by atoms with E-state index >= 15 is 0 Å². The van der Waals surface area contributed by atoms with Crippen molar-refractivity contribution in [2.24, 2.45) is 7.05 Å². The van der Waals surface area contributed by atoms with Gasteiger partial charge in [-0.15, -0.1) is 6.42 Å². The van der Waals surface area contributed by atoms with Gasteiger partial charge in [0, 0.05) is 72.6 Å². The van der Waals surface area contributed by atoms with Gasteiger partial charge in [-0.05, 0) is 24.5 Å². The Bertz CT molecular complexity index is 1420. The summed E-state index contributed by atoms with van der Waals surface area (Å²) in [5, 5.41) is 18.2. The molecule has 0 bridgehead atoms. The lowest BCUT2D eigenvalue weighted by Gasteiger charge is -2.13. The van der Waals surface area contributed by atoms with Crippen molar-refractivity contribution in [2.75, 3.05) is 13.1 Å². The summed E-state index contributed by atoms with van der Waals surface area (Å²) in [5.41, 5.74) is 5.82. The van der Waals surface area contributed by atoms with E-state index in [1.807, 2.05) is 43.8 Å². The first-order chi connectivity index (χ1) is 15.6. The number of nitrogens with zero attached hydrogens (tertiary/aromatic N) is 7. The summed E-state index contributed by atoms with van der Waals surface area (Å²) in [6, 6.07) is 8.25. The third-order valence-corrected chi connectivity index (χ3v) is 5.89. The van der Waals surface area contributed by atoms with Gasteiger partial charge in [0.1, 0.15) is 6.07 Å². The van der Waals surface area contributed by atoms with Gasteiger partial charge in [-0.25, -0.2) is 4.52 Å². The molecule has 1 amide bonds. The number of rotatable bonds is 3. The van der Waals surface area contributed by atoms with E-state index in [4.69, 9.17) is 11.4 Å². The molecule has 32 heavy (non-hydrogen) atoms. The first-order valence-electron chi connectivity index (χ1n) is 10.2. The number of hydrogen-bond donors (Lipinski definition) is 0. The number of likely N-dealkylation sites (tertiary alicyclic amines) is 1. The quantitative estimate of drug-likeness (QED) is 0.474. The molecule has 5 heterocycles. The van der Waals surface area contributed by atoms with E-state index in [2.05, 4.69) is 22.2 Å². The zero-order valence-corrected chi connectivity index (χ0v) is 17.4. The number of terminal acetylenes is 1. The second-order valence-corrected chi connectivity index (χ2v) is 7.86. The Morgan fingerprint density at radius 3 is 2.72 bits per heavy atom. The topological polar surface area (TPSA) is 92.1 Å². The number of amides is 1. The highest BCUT2D eigenvalue weighted by atomic mass is 16.2. The molecule has 4 aromatic rings. The standard InChI is InChI=1S/C24H19N7O/c1-3-23(32)30-7-6-17(14-30)22-5-4-16(10-26-22)21-8-18(20-12-27-29(2)13-20)15-31-24(21)19(9-25)11-28-31/h1,4-5,8,10-13,15,17H,6-7,14H2,2H3. The van der Waals surface area contributed by atoms with Crippen LogP contribution in [0.1, 0.15) is 23.6 Å². The summed E-state index contributed by atoms with van der Waals surface area (Å²) in [6.07, 6.45) is 15.1. The van der Waals surface area contributed by atoms with E-state index in [1.165, 1.54) is 0 Å². The van der Waals surface area contributed by atoms with Crippen molar-refractivity contribution < 1.29 is 4.79 Å². The van der Waals surface area contributed by atoms with E-state index in [0.717, 1.165) is 39.9 Å². The molecule has 1 aliphatic heterocycles. The summed E-state index contributed by atoms with van der Waals surface area (Å²) in [4.78, 5) is 18.1. The van der Waals surface area contributed by atoms with Crippen molar-refractivity contribution in [3.05, 3.63) is 60.4 Å². The minimum Gasteiger partial charge on any atom is -0.331 e. The summed E-state index contributed by atoms with van der Waals surface area (Å²) < 4.78 is 3.47. The van der Waals surface area contributed by atoms with E-state index < -0.39 is 0 Å². The van der Waals surface area contributed by atoms with Crippen LogP contribution in [0.3, 0.4) is 0 Å². The highest BCUT2D eigenvalue weighted by Crippen LogP contribution is 2.33. The van der Waals surface area contributed by atoms with Gasteiger partial charge in [-0.3, -0.25) is 14.5 Å². The van der Waals surface area contributed by atoms with E-state index in [-0.39, 0.29) is 11.8 Å². The predicted octanol–water partition coefficient (Wildman–Crippen LogP) is 2.62. The summed E-state index contributed by atoms with van der Waals surface area (Å²) in [6.45, 7) is 1.23. The third-order valence-electron chi connectivity index (χ3n) is 5.89. The van der Waals surface area contributed by atoms with Crippen LogP contribution >= 0.6 is 0 Å². The van der Waals surface area contributed by atoms with Gasteiger partial charge in [0.25, 0.3) is 5.91 Å². The average molecular weight is 421 g/mol. The molecule has 0 spiro atoms. The maximum atomic E-state index is 11.8. The van der Waals surface area contributed by atoms with Crippen LogP contribution < -0.4 is 0 Å². The Balaban J connectivity index is 1.54. The van der Waals surface area contributed by atoms with Crippen LogP contribution in [0, 0.1) is 23.7 Å². The number of hydrogen-bond acceptors (Lipinski definition) is 5. The first-order valence-corrected chi connectivity index (χ1v) is 10.2. The molecule has 0 N–H and O–H groups in total. The first kappa shape index (κ1) is 19.5. The average Bonchev–Trinajstić information content (AvgIpc) is 3.57. The van der Waals surface area contributed by atoms with Crippen LogP contribution in [-0.4, -0.2) is 48.3 Å². The highest BCUT2D eigenvalue weighted by molar-refractivity contribution is 5.93. The minimum absolute atomic E-state index is 0.160. The molecule has 1 atom stereocenters. The van der Waals surface area contributed by atoms with Gasteiger partial charge in [0.15, 0.2) is 0 Å². The number of nitriles is 1. The maximum Gasteiger partial charge on any atom is 0.298 e. The fraction of sp³-hybridized carbons (Fsp3) is 0.208. The van der Waals surface area contributed by atoms with Crippen molar-refractivity contribution in [3.63, 3.8) is 0 Å². The number of aryl methyl sites for hydroxylation is 1. The Labute approximate surface area is 184 Å². The minimum atomic E-state index is -0.275. The Kier molecular flexibility index (Phi) is 4.68. The molecule has 8 heteroatoms. The van der Waals surface area contributed by atoms with Gasteiger partial charge in [0.05, 0.1) is 23.5 Å². The lowest BCUT2D eigenvalue weighted by atomic mass is 9.99. The fourth-order valence-corrected chi connectivity index (χ4v) is 4.24. The molecule has 5 rings (SSSR count). The Morgan fingerprint density at radius 1 is 1.16 bits per heavy atom. The lowest BCUT2D eigenvalue weighted by molar-refractivity contribution is -0.124. The van der Waals surface area contributed by atoms with E-state index in [0.29, 0.717) is 18.7 Å². The SMILES string of the molecule is C#CC(=O)N1CCC(c2ccc(-c3cc(-c4cnn(C)c4)cn4ncc(C#N)c34)cn2)C1. The van der Waals surface area contributed by atoms with Gasteiger partial charge >= 0.3 is 0 Å². The predicted molar refractivity (Wildman–Crippen MR) is 118 cm³/mol. The van der Waals surface area contributed by atoms with Crippen LogP contribution in [-0.2, 0) is 11.8 Å². The van der Waals surface area contributed by atoms with Crippen LogP contribution in [0.4, 0.5) is 0 Å². The molecule has 0 aliphatic carbocycles. The molecule has 0 aromatic carbocycles. The second-order valence-electron chi connectivity index (χ2n) is 7.86. The summed E-state index contributed by atoms with van der Waals surface area (Å²) in [7, 11) is 1.87. The van der Waals surface area contributed by atoms with Crippen molar-refractivity contribution in [2.45, 2.75) is 12.3 Å². The molecule has 0 saturated carbocycles. The molecule has 1 aliphatic rings. The van der Waals surface area contributed by atoms with Crippen LogP contribution in [0.15, 0.2) is 49.2 Å². The van der Waals surface area contributed by atoms with E-state index in [1.54, 1.807) is 26.5 Å². The smallest absolute Gasteiger partial charge is 0.298 e. The number of pyridine rings is 2. The highest BCUT2D eigenvalue weighted by Gasteiger charge is 2.27. The largest absolute Gasteiger partial charge is 0.331 e. The van der Waals surface area contributed by atoms with Gasteiger partial charge in [0.2, 0.25) is 0 Å². The zero-order valence-electron chi connectivity index (χ0n) is 17.4. The van der Waals surface area contributed by atoms with Crippen molar-refractivity contribution in [1.82, 2.24) is 29.3 Å². The molecular weight excluding hydrogens is 402 g/mol. The van der Waals surface area contributed by atoms with Crippen molar-refractivity contribution in [1.29, 1.82) is 5.26 Å². The summed E-state index contributed by atoms with van der Waals surface area (Å²) in [5.74, 6) is 2.07. The maximum absolute atomic E-state index is 11.8. The van der Waals surface area contributed by atoms with Gasteiger partial charge in [-0.2, -0.15) is 15.5 Å². The molecule has 8 nitrogen and oxygen atoms in total. The molecule has 4 aromatic heterocycles. The van der Waals surface area contributed by atoms with E-state index in [9.17, 15) is 10.1 Å². The lowest BCUT2D eigenvalue weighted by Crippen LogP contribution is -2.26. The fourth-order valence-electron chi connectivity index (χ4n) is 4.24. The van der Waals surface area contributed by atoms with Gasteiger partial charge < -0.3 is 4.90 Å². The van der Waals surface area contributed by atoms with Crippen LogP contribution in [0.2, 0.25) is 0 Å². The Hall–Kier alpha value is -4.43. The Morgan fingerprint density at radius 2 is 2.03 bits per heavy atom. The van der Waals surface area contributed by atoms with Crippen molar-refractivity contribution in [3.8, 4) is 40.7 Å². The molecule has 0 radical (unpaired) electrons. The van der Waals surface area contributed by atoms with Crippen LogP contribution in [0.5, 0.6) is 0 Å². The number of fused-ring (bicyclic) bond motifs is 1. The molecule has 156 valence electrons. The summed E-state index contributed by atoms with van der Waals surface area (Å²) >= 11 is 0. The third kappa shape index (κ3) is 3.28. The monoisotopic (exact) mass is 421 g/mol. The molecular formula is C24H19N7O. The molecule has 1 unspecified atom stereocenters. The van der Waals surface area contributed by atoms with Crippen molar-refractivity contribution >= 4 is 11.4 Å². The second kappa shape index (κ2) is 7.68.